The number of carbonyl (C=O) groups is 1. The molecule has 3 aromatic rings. The van der Waals surface area contributed by atoms with Crippen molar-refractivity contribution in [2.45, 2.75) is 64.9 Å². The zero-order chi connectivity index (χ0) is 26.7. The first-order valence-electron chi connectivity index (χ1n) is 13.8. The monoisotopic (exact) mass is 510 g/mol. The fourth-order valence-electron chi connectivity index (χ4n) is 5.74. The molecule has 38 heavy (non-hydrogen) atoms. The van der Waals surface area contributed by atoms with Crippen molar-refractivity contribution in [3.05, 3.63) is 89.5 Å². The molecule has 3 aromatic carbocycles. The first kappa shape index (κ1) is 26.1. The molecule has 2 aliphatic rings. The van der Waals surface area contributed by atoms with Crippen LogP contribution in [0.2, 0.25) is 0 Å². The van der Waals surface area contributed by atoms with Gasteiger partial charge in [-0.15, -0.1) is 0 Å². The van der Waals surface area contributed by atoms with E-state index in [2.05, 4.69) is 50.3 Å². The van der Waals surface area contributed by atoms with Crippen molar-refractivity contribution in [1.82, 2.24) is 0 Å². The van der Waals surface area contributed by atoms with E-state index in [1.54, 1.807) is 7.11 Å². The average Bonchev–Trinajstić information content (AvgIpc) is 3.66. The van der Waals surface area contributed by atoms with Gasteiger partial charge in [-0.3, -0.25) is 4.79 Å². The van der Waals surface area contributed by atoms with Gasteiger partial charge in [-0.1, -0.05) is 69.2 Å². The lowest BCUT2D eigenvalue weighted by atomic mass is 9.79. The summed E-state index contributed by atoms with van der Waals surface area (Å²) in [6.45, 7) is 5.10. The molecule has 0 saturated heterocycles. The average molecular weight is 511 g/mol. The molecule has 0 bridgehead atoms. The maximum absolute atomic E-state index is 11.5. The topological polar surface area (TPSA) is 55.8 Å². The van der Waals surface area contributed by atoms with Crippen LogP contribution in [0.15, 0.2) is 72.8 Å². The molecule has 1 N–H and O–H groups in total. The van der Waals surface area contributed by atoms with Crippen LogP contribution in [-0.4, -0.2) is 18.2 Å². The van der Waals surface area contributed by atoms with Crippen LogP contribution in [0.5, 0.6) is 11.5 Å². The first-order chi connectivity index (χ1) is 18.3. The van der Waals surface area contributed by atoms with Gasteiger partial charge in [0.1, 0.15) is 18.1 Å². The number of methoxy groups -OCH3 is 1. The number of hydrogen-bond acceptors (Lipinski definition) is 3. The second-order valence-electron chi connectivity index (χ2n) is 11.5. The number of benzene rings is 3. The molecule has 5 rings (SSSR count). The maximum atomic E-state index is 11.5. The van der Waals surface area contributed by atoms with E-state index in [0.717, 1.165) is 47.5 Å². The molecule has 0 aliphatic heterocycles. The number of carboxylic acids is 1. The number of hydrogen-bond donors (Lipinski definition) is 1. The Morgan fingerprint density at radius 2 is 1.79 bits per heavy atom. The largest absolute Gasteiger partial charge is 0.497 e. The van der Waals surface area contributed by atoms with Crippen LogP contribution < -0.4 is 9.47 Å². The van der Waals surface area contributed by atoms with Crippen LogP contribution in [-0.2, 0) is 11.4 Å². The molecule has 0 heterocycles. The Hall–Kier alpha value is -3.53. The second-order valence-corrected chi connectivity index (χ2v) is 11.5. The molecule has 1 atom stereocenters. The number of allylic oxidation sites excluding steroid dienone is 2. The lowest BCUT2D eigenvalue weighted by Gasteiger charge is -2.25. The summed E-state index contributed by atoms with van der Waals surface area (Å²) in [6, 6.07) is 22.9. The molecule has 4 nitrogen and oxygen atoms in total. The van der Waals surface area contributed by atoms with Crippen molar-refractivity contribution in [3.8, 4) is 22.6 Å². The molecule has 198 valence electrons. The highest BCUT2D eigenvalue weighted by Gasteiger charge is 2.30. The first-order valence-corrected chi connectivity index (χ1v) is 13.8. The van der Waals surface area contributed by atoms with E-state index >= 15 is 0 Å². The third-order valence-corrected chi connectivity index (χ3v) is 8.07. The quantitative estimate of drug-likeness (QED) is 0.281. The highest BCUT2D eigenvalue weighted by atomic mass is 16.5. The molecule has 0 radical (unpaired) electrons. The lowest BCUT2D eigenvalue weighted by Crippen LogP contribution is -2.10. The van der Waals surface area contributed by atoms with Gasteiger partial charge in [0.2, 0.25) is 0 Å². The fourth-order valence-corrected chi connectivity index (χ4v) is 5.74. The van der Waals surface area contributed by atoms with E-state index < -0.39 is 5.97 Å². The van der Waals surface area contributed by atoms with E-state index in [1.165, 1.54) is 29.5 Å². The molecule has 0 unspecified atom stereocenters. The standard InChI is InChI=1S/C34H38O4/c1-34(2)16-6-11-32(34)31-18-24(14-15-30(31)26-8-5-9-28(20-26)37-3)22-38-29-10-4-7-25(19-29)27(21-33(35)36)17-23-12-13-23/h4-5,7-11,14-15,18-20,23,27H,6,12-13,16-17,21-22H2,1-3H3,(H,35,36)/t27-/m0/s1. The summed E-state index contributed by atoms with van der Waals surface area (Å²) >= 11 is 0. The van der Waals surface area contributed by atoms with Gasteiger partial charge in [0.05, 0.1) is 13.5 Å². The molecule has 0 amide bonds. The summed E-state index contributed by atoms with van der Waals surface area (Å²) < 4.78 is 11.8. The van der Waals surface area contributed by atoms with Gasteiger partial charge < -0.3 is 14.6 Å². The van der Waals surface area contributed by atoms with Crippen molar-refractivity contribution in [3.63, 3.8) is 0 Å². The highest BCUT2D eigenvalue weighted by Crippen LogP contribution is 2.47. The Labute approximate surface area is 226 Å². The molecule has 0 aromatic heterocycles. The molecular formula is C34H38O4. The Morgan fingerprint density at radius 3 is 2.50 bits per heavy atom. The minimum absolute atomic E-state index is 0.0360. The summed E-state index contributed by atoms with van der Waals surface area (Å²) in [5.74, 6) is 1.60. The predicted octanol–water partition coefficient (Wildman–Crippen LogP) is 8.50. The van der Waals surface area contributed by atoms with E-state index in [4.69, 9.17) is 9.47 Å². The molecular weight excluding hydrogens is 472 g/mol. The van der Waals surface area contributed by atoms with Crippen LogP contribution in [0.3, 0.4) is 0 Å². The maximum Gasteiger partial charge on any atom is 0.303 e. The van der Waals surface area contributed by atoms with Gasteiger partial charge in [-0.2, -0.15) is 0 Å². The minimum atomic E-state index is -0.741. The van der Waals surface area contributed by atoms with Gasteiger partial charge in [-0.25, -0.2) is 0 Å². The van der Waals surface area contributed by atoms with Gasteiger partial charge in [0.15, 0.2) is 0 Å². The van der Waals surface area contributed by atoms with Crippen LogP contribution in [0.25, 0.3) is 16.7 Å². The van der Waals surface area contributed by atoms with Gasteiger partial charge in [0.25, 0.3) is 0 Å². The molecule has 1 fully saturated rings. The summed E-state index contributed by atoms with van der Waals surface area (Å²) in [7, 11) is 1.70. The zero-order valence-electron chi connectivity index (χ0n) is 22.7. The van der Waals surface area contributed by atoms with E-state index in [0.29, 0.717) is 12.5 Å². The summed E-state index contributed by atoms with van der Waals surface area (Å²) in [5, 5.41) is 9.44. The van der Waals surface area contributed by atoms with E-state index in [1.807, 2.05) is 36.4 Å². The highest BCUT2D eigenvalue weighted by molar-refractivity contribution is 5.85. The molecule has 2 aliphatic carbocycles. The normalized spacial score (nSPS) is 17.1. The molecule has 0 spiro atoms. The third kappa shape index (κ3) is 6.12. The van der Waals surface area contributed by atoms with Crippen LogP contribution in [0.1, 0.15) is 75.0 Å². The van der Waals surface area contributed by atoms with Gasteiger partial charge in [-0.05, 0) is 100 Å². The van der Waals surface area contributed by atoms with Crippen molar-refractivity contribution in [2.24, 2.45) is 11.3 Å². The van der Waals surface area contributed by atoms with Crippen molar-refractivity contribution in [2.75, 3.05) is 7.11 Å². The number of aliphatic carboxylic acids is 1. The van der Waals surface area contributed by atoms with Crippen molar-refractivity contribution in [1.29, 1.82) is 0 Å². The van der Waals surface area contributed by atoms with Gasteiger partial charge in [0, 0.05) is 0 Å². The number of carboxylic acid groups (broad SMARTS) is 1. The van der Waals surface area contributed by atoms with Crippen LogP contribution in [0, 0.1) is 11.3 Å². The smallest absolute Gasteiger partial charge is 0.303 e. The minimum Gasteiger partial charge on any atom is -0.497 e. The lowest BCUT2D eigenvalue weighted by molar-refractivity contribution is -0.137. The Balaban J connectivity index is 1.40. The summed E-state index contributed by atoms with van der Waals surface area (Å²) in [4.78, 5) is 11.5. The SMILES string of the molecule is COc1cccc(-c2ccc(COc3cccc([C@H](CC(=O)O)CC4CC4)c3)cc2C2=CCCC2(C)C)c1. The van der Waals surface area contributed by atoms with E-state index in [9.17, 15) is 9.90 Å². The Morgan fingerprint density at radius 1 is 1.00 bits per heavy atom. The molecule has 4 heteroatoms. The van der Waals surface area contributed by atoms with Crippen molar-refractivity contribution < 1.29 is 19.4 Å². The van der Waals surface area contributed by atoms with Crippen LogP contribution >= 0.6 is 0 Å². The second kappa shape index (κ2) is 11.1. The molecule has 1 saturated carbocycles. The van der Waals surface area contributed by atoms with E-state index in [-0.39, 0.29) is 17.8 Å². The van der Waals surface area contributed by atoms with Gasteiger partial charge >= 0.3 is 5.97 Å². The van der Waals surface area contributed by atoms with Crippen LogP contribution in [0.4, 0.5) is 0 Å². The van der Waals surface area contributed by atoms with Crippen molar-refractivity contribution >= 4 is 11.5 Å². The number of ether oxygens (including phenoxy) is 2. The zero-order valence-corrected chi connectivity index (χ0v) is 22.7. The summed E-state index contributed by atoms with van der Waals surface area (Å²) in [5.41, 5.74) is 7.26. The number of rotatable bonds is 11. The Kier molecular flexibility index (Phi) is 7.60. The fraction of sp³-hybridized carbons (Fsp3) is 0.382. The predicted molar refractivity (Wildman–Crippen MR) is 153 cm³/mol. The summed E-state index contributed by atoms with van der Waals surface area (Å²) in [6.07, 6.45) is 8.16. The Bertz CT molecular complexity index is 1330. The third-order valence-electron chi connectivity index (χ3n) is 8.07.